The molecule has 0 aliphatic heterocycles. The van der Waals surface area contributed by atoms with Crippen LogP contribution < -0.4 is 10.1 Å². The summed E-state index contributed by atoms with van der Waals surface area (Å²) in [6.45, 7) is 0.796. The zero-order chi connectivity index (χ0) is 13.2. The van der Waals surface area contributed by atoms with Crippen molar-refractivity contribution in [3.05, 3.63) is 35.2 Å². The van der Waals surface area contributed by atoms with Crippen molar-refractivity contribution in [2.45, 2.75) is 25.4 Å². The molecule has 0 radical (unpaired) electrons. The molecular formula is C13H15ClN4O. The fourth-order valence-corrected chi connectivity index (χ4v) is 1.98. The van der Waals surface area contributed by atoms with Crippen LogP contribution in [0.1, 0.15) is 18.4 Å². The van der Waals surface area contributed by atoms with Gasteiger partial charge < -0.3 is 10.1 Å². The van der Waals surface area contributed by atoms with E-state index in [0.717, 1.165) is 12.1 Å². The number of aromatic nitrogens is 3. The predicted molar refractivity (Wildman–Crippen MR) is 72.4 cm³/mol. The van der Waals surface area contributed by atoms with Crippen LogP contribution in [0.4, 0.5) is 0 Å². The highest BCUT2D eigenvalue weighted by molar-refractivity contribution is 6.31. The number of halogens is 1. The molecule has 0 aromatic carbocycles. The van der Waals surface area contributed by atoms with E-state index in [1.165, 1.54) is 12.8 Å². The zero-order valence-corrected chi connectivity index (χ0v) is 11.4. The lowest BCUT2D eigenvalue weighted by molar-refractivity contribution is 0.462. The maximum atomic E-state index is 6.17. The average Bonchev–Trinajstić information content (AvgIpc) is 3.13. The van der Waals surface area contributed by atoms with Gasteiger partial charge in [-0.2, -0.15) is 5.10 Å². The highest BCUT2D eigenvalue weighted by Gasteiger charge is 2.20. The van der Waals surface area contributed by atoms with Gasteiger partial charge in [0.15, 0.2) is 5.75 Å². The van der Waals surface area contributed by atoms with Crippen molar-refractivity contribution in [2.24, 2.45) is 7.05 Å². The van der Waals surface area contributed by atoms with Crippen LogP contribution in [-0.4, -0.2) is 20.8 Å². The lowest BCUT2D eigenvalue weighted by Crippen LogP contribution is -2.15. The number of nitrogens with zero attached hydrogens (tertiary/aromatic N) is 3. The summed E-state index contributed by atoms with van der Waals surface area (Å²) in [7, 11) is 1.83. The van der Waals surface area contributed by atoms with Crippen molar-refractivity contribution in [3.8, 4) is 11.6 Å². The van der Waals surface area contributed by atoms with E-state index in [1.54, 1.807) is 23.3 Å². The van der Waals surface area contributed by atoms with Crippen LogP contribution >= 0.6 is 11.6 Å². The SMILES string of the molecule is Cn1cc(Oc2ncc(CNC3CC3)cc2Cl)cn1. The Morgan fingerprint density at radius 2 is 2.32 bits per heavy atom. The van der Waals surface area contributed by atoms with Gasteiger partial charge in [0.25, 0.3) is 0 Å². The molecule has 2 heterocycles. The number of hydrogen-bond donors (Lipinski definition) is 1. The molecular weight excluding hydrogens is 264 g/mol. The molecule has 6 heteroatoms. The van der Waals surface area contributed by atoms with E-state index < -0.39 is 0 Å². The van der Waals surface area contributed by atoms with Crippen molar-refractivity contribution in [2.75, 3.05) is 0 Å². The van der Waals surface area contributed by atoms with Gasteiger partial charge in [-0.3, -0.25) is 4.68 Å². The molecule has 1 N–H and O–H groups in total. The number of rotatable bonds is 5. The first-order valence-electron chi connectivity index (χ1n) is 6.25. The van der Waals surface area contributed by atoms with Crippen LogP contribution in [0.25, 0.3) is 0 Å². The fourth-order valence-electron chi connectivity index (χ4n) is 1.75. The second-order valence-corrected chi connectivity index (χ2v) is 5.14. The average molecular weight is 279 g/mol. The largest absolute Gasteiger partial charge is 0.434 e. The molecule has 0 bridgehead atoms. The highest BCUT2D eigenvalue weighted by atomic mass is 35.5. The van der Waals surface area contributed by atoms with Crippen LogP contribution in [0.2, 0.25) is 5.02 Å². The second kappa shape index (κ2) is 5.19. The molecule has 0 saturated heterocycles. The summed E-state index contributed by atoms with van der Waals surface area (Å²) in [6.07, 6.45) is 7.71. The van der Waals surface area contributed by atoms with Crippen molar-refractivity contribution in [3.63, 3.8) is 0 Å². The Morgan fingerprint density at radius 1 is 1.47 bits per heavy atom. The second-order valence-electron chi connectivity index (χ2n) is 4.74. The number of nitrogens with one attached hydrogen (secondary N) is 1. The molecule has 0 amide bonds. The first kappa shape index (κ1) is 12.4. The van der Waals surface area contributed by atoms with E-state index >= 15 is 0 Å². The van der Waals surface area contributed by atoms with Gasteiger partial charge in [0, 0.05) is 25.8 Å². The van der Waals surface area contributed by atoms with Crippen molar-refractivity contribution >= 4 is 11.6 Å². The Labute approximate surface area is 116 Å². The fraction of sp³-hybridized carbons (Fsp3) is 0.385. The molecule has 1 aliphatic carbocycles. The summed E-state index contributed by atoms with van der Waals surface area (Å²) >= 11 is 6.17. The van der Waals surface area contributed by atoms with E-state index in [0.29, 0.717) is 22.7 Å². The third-order valence-corrected chi connectivity index (χ3v) is 3.20. The Morgan fingerprint density at radius 3 is 2.95 bits per heavy atom. The summed E-state index contributed by atoms with van der Waals surface area (Å²) in [4.78, 5) is 4.25. The third kappa shape index (κ3) is 3.24. The van der Waals surface area contributed by atoms with Crippen molar-refractivity contribution < 1.29 is 4.74 Å². The topological polar surface area (TPSA) is 52.0 Å². The molecule has 19 heavy (non-hydrogen) atoms. The first-order chi connectivity index (χ1) is 9.20. The maximum absolute atomic E-state index is 6.17. The summed E-state index contributed by atoms with van der Waals surface area (Å²) in [6, 6.07) is 2.56. The summed E-state index contributed by atoms with van der Waals surface area (Å²) in [5.74, 6) is 1.03. The minimum atomic E-state index is 0.407. The maximum Gasteiger partial charge on any atom is 0.238 e. The number of aryl methyl sites for hydroxylation is 1. The Bertz CT molecular complexity index is 580. The van der Waals surface area contributed by atoms with Crippen LogP contribution in [0, 0.1) is 0 Å². The standard InChI is InChI=1S/C13H15ClN4O/c1-18-8-11(7-17-18)19-13-12(14)4-9(6-16-13)5-15-10-2-3-10/h4,6-8,10,15H,2-3,5H2,1H3. The molecule has 1 aliphatic rings. The van der Waals surface area contributed by atoms with E-state index in [1.807, 2.05) is 13.1 Å². The van der Waals surface area contributed by atoms with Gasteiger partial charge in [-0.1, -0.05) is 11.6 Å². The van der Waals surface area contributed by atoms with E-state index in [4.69, 9.17) is 16.3 Å². The summed E-state index contributed by atoms with van der Waals surface area (Å²) in [5, 5.41) is 7.96. The van der Waals surface area contributed by atoms with Gasteiger partial charge in [-0.05, 0) is 24.5 Å². The van der Waals surface area contributed by atoms with Crippen molar-refractivity contribution in [1.29, 1.82) is 0 Å². The van der Waals surface area contributed by atoms with Crippen LogP contribution in [0.15, 0.2) is 24.7 Å². The van der Waals surface area contributed by atoms with Gasteiger partial charge in [0.1, 0.15) is 5.02 Å². The first-order valence-corrected chi connectivity index (χ1v) is 6.63. The predicted octanol–water partition coefficient (Wildman–Crippen LogP) is 2.51. The Balaban J connectivity index is 1.67. The van der Waals surface area contributed by atoms with Crippen molar-refractivity contribution in [1.82, 2.24) is 20.1 Å². The lowest BCUT2D eigenvalue weighted by atomic mass is 10.3. The third-order valence-electron chi connectivity index (χ3n) is 2.93. The van der Waals surface area contributed by atoms with Crippen LogP contribution in [0.5, 0.6) is 11.6 Å². The zero-order valence-electron chi connectivity index (χ0n) is 10.6. The van der Waals surface area contributed by atoms with Gasteiger partial charge >= 0.3 is 0 Å². The molecule has 2 aromatic heterocycles. The molecule has 1 saturated carbocycles. The van der Waals surface area contributed by atoms with Gasteiger partial charge in [0.05, 0.1) is 12.4 Å². The van der Waals surface area contributed by atoms with Gasteiger partial charge in [0.2, 0.25) is 5.88 Å². The highest BCUT2D eigenvalue weighted by Crippen LogP contribution is 2.27. The van der Waals surface area contributed by atoms with E-state index in [-0.39, 0.29) is 0 Å². The molecule has 100 valence electrons. The van der Waals surface area contributed by atoms with Gasteiger partial charge in [-0.25, -0.2) is 4.98 Å². The number of ether oxygens (including phenoxy) is 1. The number of pyridine rings is 1. The minimum Gasteiger partial charge on any atom is -0.434 e. The Hall–Kier alpha value is -1.59. The molecule has 0 unspecified atom stereocenters. The molecule has 3 rings (SSSR count). The summed E-state index contributed by atoms with van der Waals surface area (Å²) in [5.41, 5.74) is 1.07. The van der Waals surface area contributed by atoms with E-state index in [9.17, 15) is 0 Å². The lowest BCUT2D eigenvalue weighted by Gasteiger charge is -2.07. The molecule has 2 aromatic rings. The molecule has 1 fully saturated rings. The summed E-state index contributed by atoms with van der Waals surface area (Å²) < 4.78 is 7.24. The minimum absolute atomic E-state index is 0.407. The molecule has 0 spiro atoms. The normalized spacial score (nSPS) is 14.6. The monoisotopic (exact) mass is 278 g/mol. The smallest absolute Gasteiger partial charge is 0.238 e. The molecule has 5 nitrogen and oxygen atoms in total. The van der Waals surface area contributed by atoms with Crippen LogP contribution in [0.3, 0.4) is 0 Å². The number of hydrogen-bond acceptors (Lipinski definition) is 4. The van der Waals surface area contributed by atoms with Crippen LogP contribution in [-0.2, 0) is 13.6 Å². The van der Waals surface area contributed by atoms with E-state index in [2.05, 4.69) is 15.4 Å². The van der Waals surface area contributed by atoms with Gasteiger partial charge in [-0.15, -0.1) is 0 Å². The Kier molecular flexibility index (Phi) is 3.40. The quantitative estimate of drug-likeness (QED) is 0.913. The molecule has 0 atom stereocenters.